The molecule has 0 aromatic rings. The molecule has 1 N–H and O–H groups in total. The van der Waals surface area contributed by atoms with Crippen molar-refractivity contribution < 1.29 is 9.59 Å². The Hall–Kier alpha value is -0.940. The Balaban J connectivity index is 1.92. The number of hydrogen-bond donors (Lipinski definition) is 1. The zero-order valence-electron chi connectivity index (χ0n) is 9.90. The normalized spacial score (nSPS) is 31.8. The first-order valence-electron chi connectivity index (χ1n) is 5.90. The van der Waals surface area contributed by atoms with Crippen molar-refractivity contribution in [2.45, 2.75) is 31.8 Å². The highest BCUT2D eigenvalue weighted by molar-refractivity contribution is 6.05. The summed E-state index contributed by atoms with van der Waals surface area (Å²) < 4.78 is 0. The Morgan fingerprint density at radius 1 is 1.44 bits per heavy atom. The number of hydrogen-bond acceptors (Lipinski definition) is 4. The van der Waals surface area contributed by atoms with Crippen LogP contribution in [-0.4, -0.2) is 60.4 Å². The number of nitrogens with one attached hydrogen (secondary N) is 1. The average molecular weight is 225 g/mol. The van der Waals surface area contributed by atoms with Gasteiger partial charge in [-0.3, -0.25) is 14.5 Å². The molecule has 2 fully saturated rings. The molecule has 0 spiro atoms. The fourth-order valence-corrected chi connectivity index (χ4v) is 2.50. The highest BCUT2D eigenvalue weighted by Gasteiger charge is 2.38. The van der Waals surface area contributed by atoms with Gasteiger partial charge in [-0.2, -0.15) is 0 Å². The second-order valence-electron chi connectivity index (χ2n) is 4.65. The van der Waals surface area contributed by atoms with Crippen molar-refractivity contribution in [2.24, 2.45) is 0 Å². The van der Waals surface area contributed by atoms with Gasteiger partial charge in [0.05, 0.1) is 12.5 Å². The van der Waals surface area contributed by atoms with Crippen molar-refractivity contribution in [2.75, 3.05) is 26.7 Å². The maximum Gasteiger partial charge on any atom is 0.246 e. The number of carbonyl (C=O) groups is 2. The van der Waals surface area contributed by atoms with Gasteiger partial charge in [-0.25, -0.2) is 0 Å². The third-order valence-corrected chi connectivity index (χ3v) is 3.39. The topological polar surface area (TPSA) is 52.7 Å². The van der Waals surface area contributed by atoms with E-state index in [9.17, 15) is 9.59 Å². The molecule has 2 amide bonds. The lowest BCUT2D eigenvalue weighted by atomic mass is 10.2. The van der Waals surface area contributed by atoms with Crippen LogP contribution in [0.2, 0.25) is 0 Å². The lowest BCUT2D eigenvalue weighted by Gasteiger charge is -2.17. The minimum atomic E-state index is -0.288. The molecule has 2 aliphatic heterocycles. The first-order valence-corrected chi connectivity index (χ1v) is 5.90. The average Bonchev–Trinajstić information content (AvgIpc) is 2.74. The molecule has 16 heavy (non-hydrogen) atoms. The van der Waals surface area contributed by atoms with E-state index in [1.807, 2.05) is 6.92 Å². The van der Waals surface area contributed by atoms with Gasteiger partial charge in [-0.05, 0) is 26.9 Å². The highest BCUT2D eigenvalue weighted by Crippen LogP contribution is 2.15. The molecule has 0 saturated carbocycles. The van der Waals surface area contributed by atoms with Crippen molar-refractivity contribution in [3.05, 3.63) is 0 Å². The van der Waals surface area contributed by atoms with E-state index in [0.29, 0.717) is 19.0 Å². The van der Waals surface area contributed by atoms with Crippen LogP contribution in [0.25, 0.3) is 0 Å². The molecule has 0 aromatic carbocycles. The summed E-state index contributed by atoms with van der Waals surface area (Å²) in [4.78, 5) is 26.9. The van der Waals surface area contributed by atoms with E-state index in [4.69, 9.17) is 0 Å². The standard InChI is InChI=1S/C11H19N3O2/c1-3-14-10(15)6-9(11(14)16)12-8-4-5-13(2)7-8/h8-9,12H,3-7H2,1-2H3. The smallest absolute Gasteiger partial charge is 0.246 e. The van der Waals surface area contributed by atoms with E-state index in [2.05, 4.69) is 17.3 Å². The summed E-state index contributed by atoms with van der Waals surface area (Å²) in [5.74, 6) is -0.0987. The fourth-order valence-electron chi connectivity index (χ4n) is 2.50. The molecular formula is C11H19N3O2. The number of likely N-dealkylation sites (tertiary alicyclic amines) is 2. The van der Waals surface area contributed by atoms with Crippen molar-refractivity contribution >= 4 is 11.8 Å². The molecule has 2 heterocycles. The van der Waals surface area contributed by atoms with Crippen LogP contribution in [0.1, 0.15) is 19.8 Å². The van der Waals surface area contributed by atoms with Gasteiger partial charge in [-0.1, -0.05) is 0 Å². The second kappa shape index (κ2) is 4.51. The number of rotatable bonds is 3. The molecule has 2 atom stereocenters. The maximum atomic E-state index is 11.8. The van der Waals surface area contributed by atoms with Gasteiger partial charge in [0.1, 0.15) is 0 Å². The SMILES string of the molecule is CCN1C(=O)CC(NC2CCN(C)C2)C1=O. The number of imide groups is 1. The lowest BCUT2D eigenvalue weighted by Crippen LogP contribution is -2.44. The Bertz CT molecular complexity index is 306. The van der Waals surface area contributed by atoms with Crippen LogP contribution in [-0.2, 0) is 9.59 Å². The molecule has 0 radical (unpaired) electrons. The molecule has 5 heteroatoms. The van der Waals surface area contributed by atoms with Crippen molar-refractivity contribution in [1.29, 1.82) is 0 Å². The predicted octanol–water partition coefficient (Wildman–Crippen LogP) is -0.572. The van der Waals surface area contributed by atoms with Crippen LogP contribution in [0.15, 0.2) is 0 Å². The molecule has 2 aliphatic rings. The molecule has 2 saturated heterocycles. The monoisotopic (exact) mass is 225 g/mol. The minimum Gasteiger partial charge on any atom is -0.305 e. The molecule has 0 bridgehead atoms. The van der Waals surface area contributed by atoms with Crippen LogP contribution in [0, 0.1) is 0 Å². The third kappa shape index (κ3) is 2.10. The van der Waals surface area contributed by atoms with E-state index in [1.165, 1.54) is 4.90 Å². The molecule has 0 aliphatic carbocycles. The predicted molar refractivity (Wildman–Crippen MR) is 59.8 cm³/mol. The molecule has 5 nitrogen and oxygen atoms in total. The Kier molecular flexibility index (Phi) is 3.25. The summed E-state index contributed by atoms with van der Waals surface area (Å²) in [7, 11) is 2.07. The first-order chi connectivity index (χ1) is 7.61. The quantitative estimate of drug-likeness (QED) is 0.653. The van der Waals surface area contributed by atoms with E-state index in [-0.39, 0.29) is 17.9 Å². The molecule has 0 aromatic heterocycles. The largest absolute Gasteiger partial charge is 0.305 e. The zero-order chi connectivity index (χ0) is 11.7. The number of nitrogens with zero attached hydrogens (tertiary/aromatic N) is 2. The summed E-state index contributed by atoms with van der Waals surface area (Å²) in [5.41, 5.74) is 0. The van der Waals surface area contributed by atoms with Gasteiger partial charge < -0.3 is 10.2 Å². The minimum absolute atomic E-state index is 0.0450. The van der Waals surface area contributed by atoms with Gasteiger partial charge >= 0.3 is 0 Å². The summed E-state index contributed by atoms with van der Waals surface area (Å²) in [5, 5.41) is 3.30. The third-order valence-electron chi connectivity index (χ3n) is 3.39. The summed E-state index contributed by atoms with van der Waals surface area (Å²) in [6.07, 6.45) is 1.38. The van der Waals surface area contributed by atoms with Gasteiger partial charge in [0, 0.05) is 19.1 Å². The number of likely N-dealkylation sites (N-methyl/N-ethyl adjacent to an activating group) is 2. The van der Waals surface area contributed by atoms with Gasteiger partial charge in [-0.15, -0.1) is 0 Å². The van der Waals surface area contributed by atoms with Crippen molar-refractivity contribution in [3.8, 4) is 0 Å². The molecule has 2 unspecified atom stereocenters. The molecule has 2 rings (SSSR count). The summed E-state index contributed by atoms with van der Waals surface area (Å²) >= 11 is 0. The van der Waals surface area contributed by atoms with Gasteiger partial charge in [0.2, 0.25) is 11.8 Å². The molecular weight excluding hydrogens is 206 g/mol. The van der Waals surface area contributed by atoms with Crippen LogP contribution in [0.3, 0.4) is 0 Å². The summed E-state index contributed by atoms with van der Waals surface area (Å²) in [6.45, 7) is 4.34. The Morgan fingerprint density at radius 3 is 2.69 bits per heavy atom. The van der Waals surface area contributed by atoms with Gasteiger partial charge in [0.25, 0.3) is 0 Å². The van der Waals surface area contributed by atoms with Crippen LogP contribution in [0.5, 0.6) is 0 Å². The van der Waals surface area contributed by atoms with E-state index < -0.39 is 0 Å². The highest BCUT2D eigenvalue weighted by atomic mass is 16.2. The van der Waals surface area contributed by atoms with E-state index >= 15 is 0 Å². The zero-order valence-corrected chi connectivity index (χ0v) is 9.90. The van der Waals surface area contributed by atoms with Crippen LogP contribution in [0.4, 0.5) is 0 Å². The van der Waals surface area contributed by atoms with Crippen LogP contribution < -0.4 is 5.32 Å². The Morgan fingerprint density at radius 2 is 2.19 bits per heavy atom. The van der Waals surface area contributed by atoms with E-state index in [0.717, 1.165) is 19.5 Å². The van der Waals surface area contributed by atoms with Gasteiger partial charge in [0.15, 0.2) is 0 Å². The second-order valence-corrected chi connectivity index (χ2v) is 4.65. The van der Waals surface area contributed by atoms with E-state index in [1.54, 1.807) is 0 Å². The lowest BCUT2D eigenvalue weighted by molar-refractivity contribution is -0.138. The van der Waals surface area contributed by atoms with Crippen molar-refractivity contribution in [1.82, 2.24) is 15.1 Å². The molecule has 90 valence electrons. The number of carbonyl (C=O) groups excluding carboxylic acids is 2. The number of amides is 2. The summed E-state index contributed by atoms with van der Waals surface area (Å²) in [6, 6.07) is 0.0625. The first kappa shape index (κ1) is 11.5. The van der Waals surface area contributed by atoms with Crippen LogP contribution >= 0.6 is 0 Å². The Labute approximate surface area is 95.8 Å². The maximum absolute atomic E-state index is 11.8. The van der Waals surface area contributed by atoms with Crippen molar-refractivity contribution in [3.63, 3.8) is 0 Å². The fraction of sp³-hybridized carbons (Fsp3) is 0.818.